The van der Waals surface area contributed by atoms with Crippen molar-refractivity contribution in [2.45, 2.75) is 51.1 Å². The van der Waals surface area contributed by atoms with Gasteiger partial charge < -0.3 is 15.5 Å². The molecule has 0 aromatic carbocycles. The van der Waals surface area contributed by atoms with Gasteiger partial charge in [-0.15, -0.1) is 0 Å². The van der Waals surface area contributed by atoms with E-state index in [0.29, 0.717) is 31.5 Å². The maximum Gasteiger partial charge on any atom is 0.225 e. The predicted molar refractivity (Wildman–Crippen MR) is 87.7 cm³/mol. The second kappa shape index (κ2) is 8.68. The minimum Gasteiger partial charge on any atom is -0.353 e. The molecule has 6 heteroatoms. The Morgan fingerprint density at radius 2 is 2.09 bits per heavy atom. The molecule has 1 aliphatic rings. The molecule has 2 N–H and O–H groups in total. The second-order valence-corrected chi connectivity index (χ2v) is 6.07. The first kappa shape index (κ1) is 16.7. The monoisotopic (exact) mass is 305 g/mol. The van der Waals surface area contributed by atoms with Crippen LogP contribution in [0, 0.1) is 0 Å². The minimum absolute atomic E-state index is 0.149. The van der Waals surface area contributed by atoms with Crippen molar-refractivity contribution in [1.29, 1.82) is 0 Å². The molecule has 1 amide bonds. The molecule has 0 bridgehead atoms. The average molecular weight is 305 g/mol. The topological polar surface area (TPSA) is 70.2 Å². The number of rotatable bonds is 7. The third-order valence-electron chi connectivity index (χ3n) is 3.91. The van der Waals surface area contributed by atoms with Crippen molar-refractivity contribution in [2.75, 3.05) is 25.5 Å². The molecule has 2 rings (SSSR count). The highest BCUT2D eigenvalue weighted by Gasteiger charge is 2.15. The summed E-state index contributed by atoms with van der Waals surface area (Å²) < 4.78 is 0. The Kier molecular flexibility index (Phi) is 6.58. The molecule has 22 heavy (non-hydrogen) atoms. The summed E-state index contributed by atoms with van der Waals surface area (Å²) in [5, 5.41) is 6.40. The van der Waals surface area contributed by atoms with Crippen molar-refractivity contribution in [3.05, 3.63) is 18.0 Å². The maximum absolute atomic E-state index is 11.9. The number of aromatic nitrogens is 2. The van der Waals surface area contributed by atoms with Crippen molar-refractivity contribution in [2.24, 2.45) is 0 Å². The molecule has 0 atom stereocenters. The Bertz CT molecular complexity index is 471. The van der Waals surface area contributed by atoms with E-state index in [2.05, 4.69) is 20.6 Å². The van der Waals surface area contributed by atoms with E-state index in [4.69, 9.17) is 0 Å². The standard InChI is InChI=1S/C16H27N5O/c1-21(2)16-18-11-8-14(20-16)12-17-10-9-15(22)19-13-6-4-3-5-7-13/h8,11,13,17H,3-7,9-10,12H2,1-2H3,(H,19,22). The van der Waals surface area contributed by atoms with Gasteiger partial charge in [-0.2, -0.15) is 0 Å². The van der Waals surface area contributed by atoms with Crippen LogP contribution >= 0.6 is 0 Å². The Morgan fingerprint density at radius 3 is 2.82 bits per heavy atom. The third kappa shape index (κ3) is 5.60. The number of nitrogens with zero attached hydrogens (tertiary/aromatic N) is 3. The lowest BCUT2D eigenvalue weighted by Crippen LogP contribution is -2.37. The summed E-state index contributed by atoms with van der Waals surface area (Å²) in [6.07, 6.45) is 8.33. The number of amides is 1. The Labute approximate surface area is 132 Å². The van der Waals surface area contributed by atoms with Crippen LogP contribution in [0.5, 0.6) is 0 Å². The molecule has 6 nitrogen and oxygen atoms in total. The molecule has 1 aromatic heterocycles. The summed E-state index contributed by atoms with van der Waals surface area (Å²) in [4.78, 5) is 22.4. The molecule has 122 valence electrons. The molecule has 0 saturated heterocycles. The zero-order chi connectivity index (χ0) is 15.8. The van der Waals surface area contributed by atoms with E-state index < -0.39 is 0 Å². The molecule has 0 spiro atoms. The van der Waals surface area contributed by atoms with Crippen LogP contribution in [-0.4, -0.2) is 42.6 Å². The molecular weight excluding hydrogens is 278 g/mol. The second-order valence-electron chi connectivity index (χ2n) is 6.07. The van der Waals surface area contributed by atoms with Gasteiger partial charge in [0.05, 0.1) is 5.69 Å². The van der Waals surface area contributed by atoms with Gasteiger partial charge in [0.15, 0.2) is 0 Å². The van der Waals surface area contributed by atoms with Crippen LogP contribution in [0.15, 0.2) is 12.3 Å². The Hall–Kier alpha value is -1.69. The quantitative estimate of drug-likeness (QED) is 0.747. The normalized spacial score (nSPS) is 15.5. The fraction of sp³-hybridized carbons (Fsp3) is 0.688. The predicted octanol–water partition coefficient (Wildman–Crippen LogP) is 1.47. The van der Waals surface area contributed by atoms with Crippen molar-refractivity contribution in [3.63, 3.8) is 0 Å². The number of hydrogen-bond donors (Lipinski definition) is 2. The van der Waals surface area contributed by atoms with Crippen LogP contribution in [0.25, 0.3) is 0 Å². The van der Waals surface area contributed by atoms with Gasteiger partial charge in [-0.05, 0) is 18.9 Å². The largest absolute Gasteiger partial charge is 0.353 e. The average Bonchev–Trinajstić information content (AvgIpc) is 2.53. The smallest absolute Gasteiger partial charge is 0.225 e. The van der Waals surface area contributed by atoms with E-state index in [1.165, 1.54) is 19.3 Å². The van der Waals surface area contributed by atoms with Crippen LogP contribution in [0.1, 0.15) is 44.2 Å². The van der Waals surface area contributed by atoms with E-state index in [9.17, 15) is 4.79 Å². The highest BCUT2D eigenvalue weighted by Crippen LogP contribution is 2.17. The van der Waals surface area contributed by atoms with Gasteiger partial charge in [-0.1, -0.05) is 19.3 Å². The number of carbonyl (C=O) groups excluding carboxylic acids is 1. The first-order valence-corrected chi connectivity index (χ1v) is 8.14. The van der Waals surface area contributed by atoms with Crippen molar-refractivity contribution >= 4 is 11.9 Å². The van der Waals surface area contributed by atoms with Crippen LogP contribution in [-0.2, 0) is 11.3 Å². The van der Waals surface area contributed by atoms with Crippen molar-refractivity contribution in [3.8, 4) is 0 Å². The molecule has 1 heterocycles. The first-order valence-electron chi connectivity index (χ1n) is 8.14. The van der Waals surface area contributed by atoms with E-state index in [0.717, 1.165) is 18.5 Å². The summed E-state index contributed by atoms with van der Waals surface area (Å²) >= 11 is 0. The zero-order valence-corrected chi connectivity index (χ0v) is 13.6. The summed E-state index contributed by atoms with van der Waals surface area (Å²) in [5.41, 5.74) is 0.936. The van der Waals surface area contributed by atoms with E-state index in [1.54, 1.807) is 6.20 Å². The number of hydrogen-bond acceptors (Lipinski definition) is 5. The molecule has 1 saturated carbocycles. The van der Waals surface area contributed by atoms with Gasteiger partial charge in [0.2, 0.25) is 11.9 Å². The van der Waals surface area contributed by atoms with E-state index in [-0.39, 0.29) is 5.91 Å². The maximum atomic E-state index is 11.9. The highest BCUT2D eigenvalue weighted by atomic mass is 16.1. The van der Waals surface area contributed by atoms with Crippen LogP contribution < -0.4 is 15.5 Å². The van der Waals surface area contributed by atoms with E-state index in [1.807, 2.05) is 25.1 Å². The molecule has 1 fully saturated rings. The summed E-state index contributed by atoms with van der Waals surface area (Å²) in [6, 6.07) is 2.29. The summed E-state index contributed by atoms with van der Waals surface area (Å²) in [7, 11) is 3.84. The SMILES string of the molecule is CN(C)c1nccc(CNCCC(=O)NC2CCCCC2)n1. The van der Waals surface area contributed by atoms with Gasteiger partial charge in [-0.25, -0.2) is 9.97 Å². The fourth-order valence-corrected chi connectivity index (χ4v) is 2.66. The Balaban J connectivity index is 1.64. The van der Waals surface area contributed by atoms with Gasteiger partial charge >= 0.3 is 0 Å². The molecule has 0 unspecified atom stereocenters. The minimum atomic E-state index is 0.149. The van der Waals surface area contributed by atoms with Gasteiger partial charge in [0.1, 0.15) is 0 Å². The van der Waals surface area contributed by atoms with Crippen LogP contribution in [0.3, 0.4) is 0 Å². The Morgan fingerprint density at radius 1 is 1.32 bits per heavy atom. The summed E-state index contributed by atoms with van der Waals surface area (Å²) in [6.45, 7) is 1.32. The molecule has 1 aromatic rings. The highest BCUT2D eigenvalue weighted by molar-refractivity contribution is 5.76. The van der Waals surface area contributed by atoms with Crippen LogP contribution in [0.2, 0.25) is 0 Å². The molecule has 1 aliphatic carbocycles. The summed E-state index contributed by atoms with van der Waals surface area (Å²) in [5.74, 6) is 0.852. The number of anilines is 1. The molecular formula is C16H27N5O. The van der Waals surface area contributed by atoms with Crippen molar-refractivity contribution < 1.29 is 4.79 Å². The number of carbonyl (C=O) groups is 1. The molecule has 0 radical (unpaired) electrons. The number of nitrogens with one attached hydrogen (secondary N) is 2. The lowest BCUT2D eigenvalue weighted by Gasteiger charge is -2.22. The lowest BCUT2D eigenvalue weighted by molar-refractivity contribution is -0.121. The van der Waals surface area contributed by atoms with Gasteiger partial charge in [-0.3, -0.25) is 4.79 Å². The van der Waals surface area contributed by atoms with Crippen LogP contribution in [0.4, 0.5) is 5.95 Å². The lowest BCUT2D eigenvalue weighted by atomic mass is 9.95. The molecule has 0 aliphatic heterocycles. The van der Waals surface area contributed by atoms with E-state index >= 15 is 0 Å². The third-order valence-corrected chi connectivity index (χ3v) is 3.91. The van der Waals surface area contributed by atoms with Gasteiger partial charge in [0, 0.05) is 45.8 Å². The van der Waals surface area contributed by atoms with Gasteiger partial charge in [0.25, 0.3) is 0 Å². The zero-order valence-electron chi connectivity index (χ0n) is 13.6. The van der Waals surface area contributed by atoms with Crippen molar-refractivity contribution in [1.82, 2.24) is 20.6 Å². The fourth-order valence-electron chi connectivity index (χ4n) is 2.66. The first-order chi connectivity index (χ1) is 10.6.